The molecule has 0 amide bonds. The molecule has 1 unspecified atom stereocenters. The Morgan fingerprint density at radius 2 is 1.78 bits per heavy atom. The quantitative estimate of drug-likeness (QED) is 0.445. The second-order valence-corrected chi connectivity index (χ2v) is 9.50. The number of hydrogen-bond donors (Lipinski definition) is 1. The maximum absolute atomic E-state index is 12.8. The number of aryl methyl sites for hydroxylation is 3. The van der Waals surface area contributed by atoms with Crippen molar-refractivity contribution in [2.45, 2.75) is 59.8 Å². The molecule has 3 rings (SSSR count). The minimum absolute atomic E-state index is 0.0800. The molecule has 1 heterocycles. The van der Waals surface area contributed by atoms with E-state index in [1.54, 1.807) is 0 Å². The highest BCUT2D eigenvalue weighted by molar-refractivity contribution is 5.74. The van der Waals surface area contributed by atoms with Crippen molar-refractivity contribution < 1.29 is 14.6 Å². The van der Waals surface area contributed by atoms with Gasteiger partial charge in [0.05, 0.1) is 6.42 Å². The first-order chi connectivity index (χ1) is 15.2. The summed E-state index contributed by atoms with van der Waals surface area (Å²) in [7, 11) is 2.04. The van der Waals surface area contributed by atoms with E-state index in [4.69, 9.17) is 4.74 Å². The Kier molecular flexibility index (Phi) is 7.96. The Morgan fingerprint density at radius 1 is 1.09 bits per heavy atom. The van der Waals surface area contributed by atoms with Gasteiger partial charge in [-0.25, -0.2) is 10.0 Å². The molecule has 1 atom stereocenters. The fourth-order valence-electron chi connectivity index (χ4n) is 4.78. The smallest absolute Gasteiger partial charge is 0.312 e. The van der Waals surface area contributed by atoms with Crippen molar-refractivity contribution >= 4 is 5.97 Å². The van der Waals surface area contributed by atoms with Gasteiger partial charge in [-0.1, -0.05) is 49.7 Å². The van der Waals surface area contributed by atoms with Crippen LogP contribution in [0.4, 0.5) is 0 Å². The zero-order valence-corrected chi connectivity index (χ0v) is 20.4. The number of ether oxygens (including phenoxy) is 1. The lowest BCUT2D eigenvalue weighted by molar-refractivity contribution is -0.135. The number of nitrogens with zero attached hydrogens (tertiary/aromatic N) is 2. The minimum Gasteiger partial charge on any atom is -0.507 e. The van der Waals surface area contributed by atoms with Crippen molar-refractivity contribution in [3.63, 3.8) is 0 Å². The third-order valence-corrected chi connectivity index (χ3v) is 6.47. The summed E-state index contributed by atoms with van der Waals surface area (Å²) < 4.78 is 5.98. The van der Waals surface area contributed by atoms with Crippen molar-refractivity contribution in [2.75, 3.05) is 26.7 Å². The predicted molar refractivity (Wildman–Crippen MR) is 129 cm³/mol. The summed E-state index contributed by atoms with van der Waals surface area (Å²) in [5, 5.41) is 15.3. The maximum Gasteiger partial charge on any atom is 0.312 e. The third kappa shape index (κ3) is 5.51. The molecule has 5 heteroatoms. The van der Waals surface area contributed by atoms with Crippen molar-refractivity contribution in [3.05, 3.63) is 58.1 Å². The van der Waals surface area contributed by atoms with E-state index in [-0.39, 0.29) is 17.8 Å². The van der Waals surface area contributed by atoms with Crippen molar-refractivity contribution in [1.29, 1.82) is 0 Å². The highest BCUT2D eigenvalue weighted by Gasteiger charge is 2.27. The number of hydrazine groups is 1. The van der Waals surface area contributed by atoms with Gasteiger partial charge in [-0.05, 0) is 50.7 Å². The van der Waals surface area contributed by atoms with E-state index in [0.717, 1.165) is 40.9 Å². The van der Waals surface area contributed by atoms with E-state index in [9.17, 15) is 9.90 Å². The lowest BCUT2D eigenvalue weighted by Gasteiger charge is -2.28. The van der Waals surface area contributed by atoms with Gasteiger partial charge in [-0.2, -0.15) is 0 Å². The van der Waals surface area contributed by atoms with Crippen LogP contribution in [0.25, 0.3) is 0 Å². The molecule has 0 aromatic heterocycles. The first kappa shape index (κ1) is 24.3. The largest absolute Gasteiger partial charge is 0.507 e. The van der Waals surface area contributed by atoms with Gasteiger partial charge in [0.25, 0.3) is 0 Å². The number of rotatable bonds is 8. The first-order valence-corrected chi connectivity index (χ1v) is 11.7. The van der Waals surface area contributed by atoms with Crippen LogP contribution in [0.2, 0.25) is 0 Å². The van der Waals surface area contributed by atoms with Gasteiger partial charge in [0.1, 0.15) is 11.5 Å². The molecule has 2 aromatic rings. The Hall–Kier alpha value is -2.37. The number of carbonyl (C=O) groups is 1. The molecule has 0 spiro atoms. The normalized spacial score (nSPS) is 15.5. The number of aromatic hydroxyl groups is 1. The Morgan fingerprint density at radius 3 is 2.44 bits per heavy atom. The highest BCUT2D eigenvalue weighted by atomic mass is 16.5. The third-order valence-electron chi connectivity index (χ3n) is 6.47. The molecule has 1 fully saturated rings. The van der Waals surface area contributed by atoms with Crippen LogP contribution < -0.4 is 4.74 Å². The van der Waals surface area contributed by atoms with E-state index in [1.165, 1.54) is 12.8 Å². The molecule has 0 radical (unpaired) electrons. The first-order valence-electron chi connectivity index (χ1n) is 11.7. The van der Waals surface area contributed by atoms with Crippen LogP contribution in [0.5, 0.6) is 11.5 Å². The zero-order valence-electron chi connectivity index (χ0n) is 20.4. The average Bonchev–Trinajstić information content (AvgIpc) is 3.27. The van der Waals surface area contributed by atoms with E-state index >= 15 is 0 Å². The zero-order chi connectivity index (χ0) is 23.4. The summed E-state index contributed by atoms with van der Waals surface area (Å²) in [5.74, 6) is 0.851. The van der Waals surface area contributed by atoms with E-state index < -0.39 is 0 Å². The summed E-state index contributed by atoms with van der Waals surface area (Å²) in [4.78, 5) is 12.8. The van der Waals surface area contributed by atoms with Crippen LogP contribution in [0.3, 0.4) is 0 Å². The Labute approximate surface area is 193 Å². The SMILES string of the molecule is Cc1cc(C)c(O)c(C(c2cccc(C)c2OC(=O)CCN(C)N2CCCC2)C(C)C)c1. The fraction of sp³-hybridized carbons (Fsp3) is 0.519. The summed E-state index contributed by atoms with van der Waals surface area (Å²) in [6, 6.07) is 10.0. The Bertz CT molecular complexity index is 948. The standard InChI is InChI=1S/C27H38N2O3/c1-18(2)25(23-17-19(3)16-21(5)26(23)31)22-11-9-10-20(4)27(22)32-24(30)12-15-28(6)29-13-7-8-14-29/h9-11,16-18,25,31H,7-8,12-15H2,1-6H3. The molecule has 32 heavy (non-hydrogen) atoms. The van der Waals surface area contributed by atoms with E-state index in [1.807, 2.05) is 58.2 Å². The average molecular weight is 439 g/mol. The second kappa shape index (κ2) is 10.5. The van der Waals surface area contributed by atoms with Gasteiger partial charge in [-0.15, -0.1) is 0 Å². The fourth-order valence-corrected chi connectivity index (χ4v) is 4.78. The summed E-state index contributed by atoms with van der Waals surface area (Å²) >= 11 is 0. The van der Waals surface area contributed by atoms with Crippen molar-refractivity contribution in [3.8, 4) is 11.5 Å². The van der Waals surface area contributed by atoms with E-state index in [2.05, 4.69) is 23.9 Å². The van der Waals surface area contributed by atoms with Gasteiger partial charge >= 0.3 is 5.97 Å². The van der Waals surface area contributed by atoms with Crippen LogP contribution in [0, 0.1) is 26.7 Å². The second-order valence-electron chi connectivity index (χ2n) is 9.50. The van der Waals surface area contributed by atoms with Gasteiger partial charge in [0, 0.05) is 43.7 Å². The van der Waals surface area contributed by atoms with Gasteiger partial charge in [-0.3, -0.25) is 4.79 Å². The number of phenolic OH excluding ortho intramolecular Hbond substituents is 1. The van der Waals surface area contributed by atoms with Crippen LogP contribution in [0.15, 0.2) is 30.3 Å². The van der Waals surface area contributed by atoms with Crippen molar-refractivity contribution in [1.82, 2.24) is 10.0 Å². The molecule has 5 nitrogen and oxygen atoms in total. The summed E-state index contributed by atoms with van der Waals surface area (Å²) in [6.07, 6.45) is 2.76. The summed E-state index contributed by atoms with van der Waals surface area (Å²) in [5.41, 5.74) is 4.73. The Balaban J connectivity index is 1.86. The highest BCUT2D eigenvalue weighted by Crippen LogP contribution is 2.43. The molecule has 174 valence electrons. The predicted octanol–water partition coefficient (Wildman–Crippen LogP) is 5.34. The van der Waals surface area contributed by atoms with Gasteiger partial charge < -0.3 is 9.84 Å². The van der Waals surface area contributed by atoms with Crippen LogP contribution >= 0.6 is 0 Å². The molecule has 1 aliphatic rings. The van der Waals surface area contributed by atoms with Gasteiger partial charge in [0.15, 0.2) is 0 Å². The lowest BCUT2D eigenvalue weighted by Crippen LogP contribution is -2.39. The molecule has 1 N–H and O–H groups in total. The monoisotopic (exact) mass is 438 g/mol. The molecular formula is C27H38N2O3. The maximum atomic E-state index is 12.8. The number of carbonyl (C=O) groups excluding carboxylic acids is 1. The minimum atomic E-state index is -0.223. The number of benzene rings is 2. The van der Waals surface area contributed by atoms with E-state index in [0.29, 0.717) is 24.5 Å². The van der Waals surface area contributed by atoms with Crippen LogP contribution in [-0.4, -0.2) is 47.8 Å². The molecule has 1 saturated heterocycles. The molecule has 0 saturated carbocycles. The molecule has 1 aliphatic heterocycles. The molecule has 2 aromatic carbocycles. The van der Waals surface area contributed by atoms with Gasteiger partial charge in [0.2, 0.25) is 0 Å². The van der Waals surface area contributed by atoms with Crippen LogP contribution in [0.1, 0.15) is 66.8 Å². The number of para-hydroxylation sites is 1. The molecule has 0 aliphatic carbocycles. The lowest BCUT2D eigenvalue weighted by atomic mass is 9.80. The summed E-state index contributed by atoms with van der Waals surface area (Å²) in [6.45, 7) is 13.0. The van der Waals surface area contributed by atoms with Crippen LogP contribution in [-0.2, 0) is 4.79 Å². The molecular weight excluding hydrogens is 400 g/mol. The number of hydrogen-bond acceptors (Lipinski definition) is 5. The number of phenols is 1. The van der Waals surface area contributed by atoms with Crippen molar-refractivity contribution in [2.24, 2.45) is 5.92 Å². The number of esters is 1. The topological polar surface area (TPSA) is 53.0 Å². The molecule has 0 bridgehead atoms.